The third-order valence-corrected chi connectivity index (χ3v) is 6.67. The largest absolute Gasteiger partial charge is 0.439 e. The number of nitrogens with zero attached hydrogens (tertiary/aromatic N) is 2. The van der Waals surface area contributed by atoms with E-state index in [1.54, 1.807) is 18.3 Å². The number of carbonyl (C=O) groups excluding carboxylic acids is 1. The molecule has 0 aliphatic carbocycles. The first-order valence-electron chi connectivity index (χ1n) is 9.59. The number of thioether (sulfide) groups is 1. The number of halogens is 1. The van der Waals surface area contributed by atoms with Crippen molar-refractivity contribution in [2.75, 3.05) is 24.7 Å². The van der Waals surface area contributed by atoms with Crippen LogP contribution in [0.25, 0.3) is 0 Å². The summed E-state index contributed by atoms with van der Waals surface area (Å²) in [5.74, 6) is 3.30. The van der Waals surface area contributed by atoms with Crippen molar-refractivity contribution in [1.29, 1.82) is 0 Å². The van der Waals surface area contributed by atoms with Crippen LogP contribution in [0.15, 0.2) is 47.1 Å². The van der Waals surface area contributed by atoms with Crippen molar-refractivity contribution in [1.82, 2.24) is 9.88 Å². The second kappa shape index (κ2) is 9.29. The number of hydrogen-bond donors (Lipinski definition) is 0. The molecule has 0 spiro atoms. The molecule has 1 aromatic carbocycles. The molecule has 7 heteroatoms. The number of hydrogen-bond acceptors (Lipinski definition) is 5. The summed E-state index contributed by atoms with van der Waals surface area (Å²) >= 11 is 5.34. The molecule has 0 N–H and O–H groups in total. The van der Waals surface area contributed by atoms with Crippen LogP contribution in [0.2, 0.25) is 0 Å². The van der Waals surface area contributed by atoms with Crippen LogP contribution >= 0.6 is 27.7 Å². The molecule has 2 aliphatic rings. The molecule has 28 heavy (non-hydrogen) atoms. The Balaban J connectivity index is 1.46. The monoisotopic (exact) mass is 462 g/mol. The van der Waals surface area contributed by atoms with E-state index in [0.29, 0.717) is 23.7 Å². The smallest absolute Gasteiger partial charge is 0.255 e. The molecule has 0 radical (unpaired) electrons. The molecular weight excluding hydrogens is 440 g/mol. The summed E-state index contributed by atoms with van der Waals surface area (Å²) in [5, 5.41) is 0. The molecule has 3 heterocycles. The molecular formula is C21H23BrN2O3S. The molecule has 2 aliphatic heterocycles. The van der Waals surface area contributed by atoms with Crippen LogP contribution in [0.4, 0.5) is 0 Å². The first kappa shape index (κ1) is 19.7. The van der Waals surface area contributed by atoms with Crippen molar-refractivity contribution in [2.24, 2.45) is 0 Å². The fraction of sp³-hybridized carbons (Fsp3) is 0.429. The molecule has 0 saturated carbocycles. The first-order valence-corrected chi connectivity index (χ1v) is 11.5. The van der Waals surface area contributed by atoms with Gasteiger partial charge in [-0.05, 0) is 49.3 Å². The number of benzene rings is 1. The highest BCUT2D eigenvalue weighted by atomic mass is 79.9. The predicted octanol–water partition coefficient (Wildman–Crippen LogP) is 4.76. The minimum Gasteiger partial charge on any atom is -0.439 e. The van der Waals surface area contributed by atoms with Crippen molar-refractivity contribution >= 4 is 33.6 Å². The van der Waals surface area contributed by atoms with Gasteiger partial charge in [-0.2, -0.15) is 11.8 Å². The summed E-state index contributed by atoms with van der Waals surface area (Å²) in [7, 11) is 0. The number of carbonyl (C=O) groups is 1. The molecule has 148 valence electrons. The van der Waals surface area contributed by atoms with Gasteiger partial charge < -0.3 is 14.4 Å². The van der Waals surface area contributed by atoms with Gasteiger partial charge in [-0.1, -0.05) is 22.0 Å². The van der Waals surface area contributed by atoms with Crippen LogP contribution in [-0.4, -0.2) is 52.6 Å². The third kappa shape index (κ3) is 4.88. The van der Waals surface area contributed by atoms with E-state index in [9.17, 15) is 4.79 Å². The second-order valence-electron chi connectivity index (χ2n) is 7.05. The molecule has 4 rings (SSSR count). The van der Waals surface area contributed by atoms with Gasteiger partial charge in [0.25, 0.3) is 5.91 Å². The van der Waals surface area contributed by atoms with Crippen LogP contribution in [0.1, 0.15) is 29.6 Å². The zero-order chi connectivity index (χ0) is 19.3. The Morgan fingerprint density at radius 1 is 1.32 bits per heavy atom. The molecule has 2 atom stereocenters. The van der Waals surface area contributed by atoms with Crippen LogP contribution in [0.5, 0.6) is 11.6 Å². The fourth-order valence-corrected chi connectivity index (χ4v) is 5.16. The Morgan fingerprint density at radius 3 is 2.93 bits per heavy atom. The number of amides is 1. The average molecular weight is 463 g/mol. The van der Waals surface area contributed by atoms with E-state index in [-0.39, 0.29) is 18.1 Å². The van der Waals surface area contributed by atoms with Crippen molar-refractivity contribution in [3.63, 3.8) is 0 Å². The lowest BCUT2D eigenvalue weighted by Gasteiger charge is -2.30. The lowest BCUT2D eigenvalue weighted by Crippen LogP contribution is -2.44. The van der Waals surface area contributed by atoms with E-state index in [1.807, 2.05) is 40.9 Å². The Kier molecular flexibility index (Phi) is 6.54. The highest BCUT2D eigenvalue weighted by Gasteiger charge is 2.31. The summed E-state index contributed by atoms with van der Waals surface area (Å²) in [6.07, 6.45) is 4.92. The van der Waals surface area contributed by atoms with Gasteiger partial charge in [-0.3, -0.25) is 4.79 Å². The van der Waals surface area contributed by atoms with Crippen molar-refractivity contribution in [3.8, 4) is 11.6 Å². The summed E-state index contributed by atoms with van der Waals surface area (Å²) in [5.41, 5.74) is 0.594. The maximum atomic E-state index is 13.2. The SMILES string of the molecule is O=C(c1ccc(Oc2cccc(Br)c2)nc1)N(CC1CCCO1)C1CCSC1. The van der Waals surface area contributed by atoms with Crippen LogP contribution < -0.4 is 4.74 Å². The van der Waals surface area contributed by atoms with E-state index in [0.717, 1.165) is 41.8 Å². The first-order chi connectivity index (χ1) is 13.7. The van der Waals surface area contributed by atoms with Gasteiger partial charge in [-0.25, -0.2) is 4.98 Å². The highest BCUT2D eigenvalue weighted by Crippen LogP contribution is 2.27. The lowest BCUT2D eigenvalue weighted by atomic mass is 10.1. The normalized spacial score (nSPS) is 21.6. The van der Waals surface area contributed by atoms with Gasteiger partial charge in [0.05, 0.1) is 11.7 Å². The Bertz CT molecular complexity index is 806. The highest BCUT2D eigenvalue weighted by molar-refractivity contribution is 9.10. The zero-order valence-corrected chi connectivity index (χ0v) is 18.0. The topological polar surface area (TPSA) is 51.7 Å². The molecule has 2 saturated heterocycles. The van der Waals surface area contributed by atoms with Crippen LogP contribution in [0, 0.1) is 0 Å². The quantitative estimate of drug-likeness (QED) is 0.618. The fourth-order valence-electron chi connectivity index (χ4n) is 3.56. The summed E-state index contributed by atoms with van der Waals surface area (Å²) < 4.78 is 12.5. The maximum Gasteiger partial charge on any atom is 0.255 e. The van der Waals surface area contributed by atoms with E-state index in [1.165, 1.54) is 0 Å². The van der Waals surface area contributed by atoms with Gasteiger partial charge in [0, 0.05) is 41.7 Å². The number of ether oxygens (including phenoxy) is 2. The van der Waals surface area contributed by atoms with Gasteiger partial charge in [0.2, 0.25) is 5.88 Å². The van der Waals surface area contributed by atoms with Crippen molar-refractivity contribution < 1.29 is 14.3 Å². The molecule has 1 aromatic heterocycles. The molecule has 2 fully saturated rings. The maximum absolute atomic E-state index is 13.2. The van der Waals surface area contributed by atoms with Crippen molar-refractivity contribution in [3.05, 3.63) is 52.6 Å². The molecule has 0 bridgehead atoms. The van der Waals surface area contributed by atoms with Gasteiger partial charge >= 0.3 is 0 Å². The third-order valence-electron chi connectivity index (χ3n) is 5.03. The zero-order valence-electron chi connectivity index (χ0n) is 15.6. The predicted molar refractivity (Wildman–Crippen MR) is 114 cm³/mol. The van der Waals surface area contributed by atoms with Gasteiger partial charge in [-0.15, -0.1) is 0 Å². The minimum atomic E-state index is 0.0319. The Labute approximate surface area is 177 Å². The Morgan fingerprint density at radius 2 is 2.25 bits per heavy atom. The van der Waals surface area contributed by atoms with Crippen LogP contribution in [0.3, 0.4) is 0 Å². The van der Waals surface area contributed by atoms with E-state index >= 15 is 0 Å². The molecule has 2 unspecified atom stereocenters. The van der Waals surface area contributed by atoms with E-state index in [2.05, 4.69) is 20.9 Å². The van der Waals surface area contributed by atoms with E-state index in [4.69, 9.17) is 9.47 Å². The summed E-state index contributed by atoms with van der Waals surface area (Å²) in [4.78, 5) is 19.6. The number of aromatic nitrogens is 1. The van der Waals surface area contributed by atoms with Gasteiger partial charge in [0.15, 0.2) is 0 Å². The van der Waals surface area contributed by atoms with Gasteiger partial charge in [0.1, 0.15) is 5.75 Å². The number of pyridine rings is 1. The minimum absolute atomic E-state index is 0.0319. The second-order valence-corrected chi connectivity index (χ2v) is 9.12. The van der Waals surface area contributed by atoms with E-state index < -0.39 is 0 Å². The summed E-state index contributed by atoms with van der Waals surface area (Å²) in [6.45, 7) is 1.47. The summed E-state index contributed by atoms with van der Waals surface area (Å²) in [6, 6.07) is 11.4. The van der Waals surface area contributed by atoms with Crippen LogP contribution in [-0.2, 0) is 4.74 Å². The average Bonchev–Trinajstić information content (AvgIpc) is 3.40. The molecule has 1 amide bonds. The molecule has 5 nitrogen and oxygen atoms in total. The molecule has 2 aromatic rings. The van der Waals surface area contributed by atoms with Crippen molar-refractivity contribution in [2.45, 2.75) is 31.4 Å². The lowest BCUT2D eigenvalue weighted by molar-refractivity contribution is 0.0441. The Hall–Kier alpha value is -1.57. The number of rotatable bonds is 6. The standard InChI is InChI=1S/C21H23BrN2O3S/c22-16-3-1-4-18(11-16)27-20-7-6-15(12-23-20)21(25)24(17-8-10-28-14-17)13-19-5-2-9-26-19/h1,3-4,6-7,11-12,17,19H,2,5,8-10,13-14H2.